The molecule has 1 aliphatic carbocycles. The predicted octanol–water partition coefficient (Wildman–Crippen LogP) is 5.27. The Hall–Kier alpha value is -2.07. The van der Waals surface area contributed by atoms with Crippen molar-refractivity contribution >= 4 is 17.7 Å². The molecule has 0 radical (unpaired) electrons. The van der Waals surface area contributed by atoms with Gasteiger partial charge in [-0.1, -0.05) is 44.6 Å². The maximum Gasteiger partial charge on any atom is 0.329 e. The second-order valence-electron chi connectivity index (χ2n) is 14.4. The molecule has 0 aromatic rings. The third-order valence-corrected chi connectivity index (χ3v) is 10.9. The van der Waals surface area contributed by atoms with Crippen LogP contribution in [0.3, 0.4) is 0 Å². The second-order valence-corrected chi connectivity index (χ2v) is 14.4. The molecule has 3 fully saturated rings. The smallest absolute Gasteiger partial charge is 0.329 e. The first-order valence-electron chi connectivity index (χ1n) is 17.4. The lowest BCUT2D eigenvalue weighted by Gasteiger charge is -2.44. The summed E-state index contributed by atoms with van der Waals surface area (Å²) < 4.78 is 17.9. The maximum atomic E-state index is 13.8. The number of carbonyl (C=O) groups excluding carboxylic acids is 3. The molecule has 10 unspecified atom stereocenters. The summed E-state index contributed by atoms with van der Waals surface area (Å²) in [7, 11) is 1.64. The number of fused-ring (bicyclic) bond motifs is 3. The summed E-state index contributed by atoms with van der Waals surface area (Å²) >= 11 is 0. The van der Waals surface area contributed by atoms with Crippen molar-refractivity contribution in [3.63, 3.8) is 0 Å². The normalized spacial score (nSPS) is 40.6. The van der Waals surface area contributed by atoms with Gasteiger partial charge in [-0.15, -0.1) is 0 Å². The molecular weight excluding hydrogens is 574 g/mol. The molecule has 9 nitrogen and oxygen atoms in total. The number of nitrogens with zero attached hydrogens (tertiary/aromatic N) is 1. The third-order valence-electron chi connectivity index (χ3n) is 10.9. The molecule has 4 rings (SSSR count). The molecule has 254 valence electrons. The fourth-order valence-electron chi connectivity index (χ4n) is 7.85. The van der Waals surface area contributed by atoms with Gasteiger partial charge in [-0.05, 0) is 108 Å². The van der Waals surface area contributed by atoms with E-state index in [4.69, 9.17) is 14.2 Å². The van der Waals surface area contributed by atoms with E-state index in [0.717, 1.165) is 44.9 Å². The van der Waals surface area contributed by atoms with Crippen molar-refractivity contribution in [3.8, 4) is 0 Å². The Bertz CT molecular complexity index is 1090. The molecule has 1 saturated carbocycles. The van der Waals surface area contributed by atoms with Crippen molar-refractivity contribution in [2.45, 2.75) is 147 Å². The number of cyclic esters (lactones) is 1. The number of hydrogen-bond acceptors (Lipinski definition) is 8. The number of ether oxygens (including phenoxy) is 3. The van der Waals surface area contributed by atoms with Gasteiger partial charge in [0.1, 0.15) is 12.1 Å². The van der Waals surface area contributed by atoms with E-state index in [1.165, 1.54) is 10.5 Å². The Morgan fingerprint density at radius 3 is 2.60 bits per heavy atom. The number of aliphatic hydroxyl groups excluding tert-OH is 1. The summed E-state index contributed by atoms with van der Waals surface area (Å²) in [6, 6.07) is -0.877. The van der Waals surface area contributed by atoms with Gasteiger partial charge in [0.25, 0.3) is 11.7 Å². The van der Waals surface area contributed by atoms with E-state index in [1.807, 2.05) is 6.92 Å². The van der Waals surface area contributed by atoms with Crippen LogP contribution >= 0.6 is 0 Å². The van der Waals surface area contributed by atoms with E-state index in [2.05, 4.69) is 32.1 Å². The average Bonchev–Trinajstić information content (AvgIpc) is 3.02. The molecule has 2 saturated heterocycles. The molecule has 2 bridgehead atoms. The third kappa shape index (κ3) is 8.85. The molecule has 2 N–H and O–H groups in total. The van der Waals surface area contributed by atoms with Gasteiger partial charge >= 0.3 is 5.97 Å². The largest absolute Gasteiger partial charge is 0.461 e. The lowest BCUT2D eigenvalue weighted by atomic mass is 9.78. The number of ketones is 1. The van der Waals surface area contributed by atoms with Crippen LogP contribution in [-0.4, -0.2) is 82.7 Å². The second kappa shape index (κ2) is 16.2. The van der Waals surface area contributed by atoms with Crippen LogP contribution < -0.4 is 0 Å². The van der Waals surface area contributed by atoms with E-state index in [9.17, 15) is 24.6 Å². The quantitative estimate of drug-likeness (QED) is 0.245. The first-order chi connectivity index (χ1) is 21.4. The van der Waals surface area contributed by atoms with Crippen LogP contribution in [0.5, 0.6) is 0 Å². The van der Waals surface area contributed by atoms with Crippen LogP contribution in [0, 0.1) is 23.7 Å². The van der Waals surface area contributed by atoms with Crippen LogP contribution in [0.1, 0.15) is 111 Å². The molecule has 3 heterocycles. The highest BCUT2D eigenvalue weighted by atomic mass is 16.6. The maximum absolute atomic E-state index is 13.8. The summed E-state index contributed by atoms with van der Waals surface area (Å²) in [6.45, 7) is 8.23. The number of carbonyl (C=O) groups is 3. The van der Waals surface area contributed by atoms with Crippen LogP contribution in [0.4, 0.5) is 0 Å². The lowest BCUT2D eigenvalue weighted by molar-refractivity contribution is -0.273. The molecule has 45 heavy (non-hydrogen) atoms. The molecule has 4 aliphatic rings. The summed E-state index contributed by atoms with van der Waals surface area (Å²) in [4.78, 5) is 42.7. The lowest BCUT2D eigenvalue weighted by Crippen LogP contribution is -2.61. The van der Waals surface area contributed by atoms with E-state index >= 15 is 0 Å². The Labute approximate surface area is 269 Å². The topological polar surface area (TPSA) is 123 Å². The summed E-state index contributed by atoms with van der Waals surface area (Å²) in [5.41, 5.74) is 1.17. The number of esters is 1. The first-order valence-corrected chi connectivity index (χ1v) is 17.4. The van der Waals surface area contributed by atoms with Crippen molar-refractivity contribution < 1.29 is 38.8 Å². The van der Waals surface area contributed by atoms with Gasteiger partial charge in [0.05, 0.1) is 18.3 Å². The fraction of sp³-hybridized carbons (Fsp3) is 0.806. The zero-order chi connectivity index (χ0) is 32.7. The highest BCUT2D eigenvalue weighted by molar-refractivity contribution is 6.39. The number of methoxy groups -OCH3 is 1. The highest BCUT2D eigenvalue weighted by Gasteiger charge is 2.54. The zero-order valence-corrected chi connectivity index (χ0v) is 28.1. The summed E-state index contributed by atoms with van der Waals surface area (Å²) in [5, 5.41) is 21.9. The molecule has 0 aromatic heterocycles. The van der Waals surface area contributed by atoms with Gasteiger partial charge in [0.2, 0.25) is 5.79 Å². The first kappa shape index (κ1) is 35.8. The van der Waals surface area contributed by atoms with Gasteiger partial charge in [0.15, 0.2) is 0 Å². The molecule has 9 heteroatoms. The number of rotatable bonds is 4. The number of aliphatic hydroxyl groups is 2. The van der Waals surface area contributed by atoms with Gasteiger partial charge in [-0.2, -0.15) is 0 Å². The van der Waals surface area contributed by atoms with Crippen LogP contribution in [0.2, 0.25) is 0 Å². The number of amides is 1. The molecule has 3 aliphatic heterocycles. The Morgan fingerprint density at radius 1 is 1.07 bits per heavy atom. The van der Waals surface area contributed by atoms with Gasteiger partial charge in [-0.3, -0.25) is 9.59 Å². The summed E-state index contributed by atoms with van der Waals surface area (Å²) in [6.07, 6.45) is 14.4. The highest BCUT2D eigenvalue weighted by Crippen LogP contribution is 2.39. The predicted molar refractivity (Wildman–Crippen MR) is 171 cm³/mol. The van der Waals surface area contributed by atoms with Crippen LogP contribution in [0.15, 0.2) is 23.8 Å². The zero-order valence-electron chi connectivity index (χ0n) is 28.1. The number of piperidine rings is 1. The van der Waals surface area contributed by atoms with Crippen molar-refractivity contribution in [2.24, 2.45) is 23.7 Å². The van der Waals surface area contributed by atoms with E-state index in [-0.39, 0.29) is 30.6 Å². The van der Waals surface area contributed by atoms with Crippen molar-refractivity contribution in [3.05, 3.63) is 23.8 Å². The monoisotopic (exact) mass is 631 g/mol. The minimum atomic E-state index is -2.24. The Balaban J connectivity index is 1.57. The van der Waals surface area contributed by atoms with Crippen molar-refractivity contribution in [1.82, 2.24) is 4.90 Å². The SMILES string of the molecule is COC1CC(CC(C)C2CCC/C=C/C/C(C)=C/CC3OC(O)(C(=O)C(=O)N4CCCCC4C(=O)O2)C(C)CC3C)CCC1O. The Kier molecular flexibility index (Phi) is 12.8. The molecule has 1 amide bonds. The van der Waals surface area contributed by atoms with E-state index in [1.54, 1.807) is 14.0 Å². The van der Waals surface area contributed by atoms with Gasteiger partial charge in [0, 0.05) is 19.6 Å². The minimum Gasteiger partial charge on any atom is -0.461 e. The van der Waals surface area contributed by atoms with E-state index < -0.39 is 47.6 Å². The van der Waals surface area contributed by atoms with E-state index in [0.29, 0.717) is 44.4 Å². The number of allylic oxidation sites excluding steroid dienone is 3. The molecule has 10 atom stereocenters. The number of hydrogen-bond donors (Lipinski definition) is 2. The van der Waals surface area contributed by atoms with Crippen molar-refractivity contribution in [2.75, 3.05) is 13.7 Å². The molecular formula is C36H57NO8. The molecule has 0 aromatic carbocycles. The average molecular weight is 632 g/mol. The van der Waals surface area contributed by atoms with Crippen LogP contribution in [-0.2, 0) is 28.6 Å². The standard InChI is InChI=1S/C36H57NO8/c1-23-12-8-6-7-9-14-30(25(3)21-27-16-17-29(38)32(22-27)43-5)44-35(41)28-13-10-11-19-37(28)34(40)33(39)36(42)26(4)20-24(2)31(45-36)18-15-23/h6,8,15,24-32,38,42H,7,9-14,16-22H2,1-5H3/b8-6+,23-15+. The van der Waals surface area contributed by atoms with Crippen LogP contribution in [0.25, 0.3) is 0 Å². The fourth-order valence-corrected chi connectivity index (χ4v) is 7.85. The number of Topliss-reactive ketones (excluding diaryl/α,β-unsaturated/α-hetero) is 1. The van der Waals surface area contributed by atoms with Gasteiger partial charge in [-0.25, -0.2) is 4.79 Å². The Morgan fingerprint density at radius 2 is 1.84 bits per heavy atom. The van der Waals surface area contributed by atoms with Crippen molar-refractivity contribution in [1.29, 1.82) is 0 Å². The molecule has 0 spiro atoms. The minimum absolute atomic E-state index is 0.0699. The van der Waals surface area contributed by atoms with Gasteiger partial charge < -0.3 is 29.3 Å². The summed E-state index contributed by atoms with van der Waals surface area (Å²) in [5.74, 6) is -4.63.